The minimum Gasteiger partial charge on any atom is -0.390 e. The minimum absolute atomic E-state index is 0.000934. The van der Waals surface area contributed by atoms with Crippen molar-refractivity contribution in [3.63, 3.8) is 0 Å². The van der Waals surface area contributed by atoms with Crippen LogP contribution in [0.5, 0.6) is 0 Å². The summed E-state index contributed by atoms with van der Waals surface area (Å²) in [5.41, 5.74) is 1.51. The molecule has 0 aromatic carbocycles. The van der Waals surface area contributed by atoms with Crippen LogP contribution in [0.25, 0.3) is 0 Å². The largest absolute Gasteiger partial charge is 0.390 e. The number of aliphatic hydroxyl groups is 2. The molecule has 4 heteroatoms. The van der Waals surface area contributed by atoms with E-state index in [-0.39, 0.29) is 32.5 Å². The number of aliphatic hydroxyl groups excluding tert-OH is 2. The van der Waals surface area contributed by atoms with E-state index in [1.165, 1.54) is 6.42 Å². The number of carbonyl (C=O) groups excluding carboxylic acids is 1. The van der Waals surface area contributed by atoms with Crippen LogP contribution in [0.2, 0.25) is 0 Å². The predicted octanol–water partition coefficient (Wildman–Crippen LogP) is 6.65. The second kappa shape index (κ2) is 8.56. The average Bonchev–Trinajstić information content (AvgIpc) is 2.81. The standard InChI is InChI=1S/C33H55NO3/c1-9-18-34-27(37)33-16-14-28(2,3)19-22(33)21-10-11-25-30(6)20-23(35)26(36)29(4,5)24(30)12-13-32(25,8)31(21,7)15-17-33/h10,22-26,35-36H,9,11-20H2,1-8H3,(H,34,37)/t22-,23+,24-,25+,26-,30-,31+,32+,33-/m0/s1. The lowest BCUT2D eigenvalue weighted by Crippen LogP contribution is -2.67. The molecule has 0 spiro atoms. The van der Waals surface area contributed by atoms with Crippen molar-refractivity contribution in [2.24, 2.45) is 50.2 Å². The highest BCUT2D eigenvalue weighted by Crippen LogP contribution is 2.75. The Kier molecular flexibility index (Phi) is 6.41. The molecule has 0 unspecified atom stereocenters. The van der Waals surface area contributed by atoms with Crippen LogP contribution in [0.4, 0.5) is 0 Å². The van der Waals surface area contributed by atoms with E-state index in [0.717, 1.165) is 57.9 Å². The van der Waals surface area contributed by atoms with Gasteiger partial charge in [0.2, 0.25) is 5.91 Å². The van der Waals surface area contributed by atoms with E-state index in [1.807, 2.05) is 0 Å². The fraction of sp³-hybridized carbons (Fsp3) is 0.909. The number of rotatable bonds is 3. The molecule has 210 valence electrons. The number of hydrogen-bond donors (Lipinski definition) is 3. The Morgan fingerprint density at radius 3 is 2.30 bits per heavy atom. The van der Waals surface area contributed by atoms with Crippen LogP contribution in [0, 0.1) is 50.2 Å². The van der Waals surface area contributed by atoms with Gasteiger partial charge in [-0.15, -0.1) is 0 Å². The average molecular weight is 514 g/mol. The molecule has 0 heterocycles. The van der Waals surface area contributed by atoms with E-state index < -0.39 is 12.2 Å². The molecule has 4 fully saturated rings. The number of allylic oxidation sites excluding steroid dienone is 2. The van der Waals surface area contributed by atoms with Crippen LogP contribution in [0.1, 0.15) is 120 Å². The summed E-state index contributed by atoms with van der Waals surface area (Å²) in [5.74, 6) is 1.52. The zero-order chi connectivity index (χ0) is 27.2. The zero-order valence-corrected chi connectivity index (χ0v) is 25.0. The van der Waals surface area contributed by atoms with Crippen molar-refractivity contribution in [2.45, 2.75) is 132 Å². The number of hydrogen-bond acceptors (Lipinski definition) is 3. The van der Waals surface area contributed by atoms with E-state index in [1.54, 1.807) is 5.57 Å². The second-order valence-electron chi connectivity index (χ2n) is 16.2. The first-order valence-electron chi connectivity index (χ1n) is 15.4. The number of amides is 1. The summed E-state index contributed by atoms with van der Waals surface area (Å²) in [6.07, 6.45) is 11.6. The lowest BCUT2D eigenvalue weighted by molar-refractivity contribution is -0.231. The molecule has 4 nitrogen and oxygen atoms in total. The van der Waals surface area contributed by atoms with Gasteiger partial charge in [0.1, 0.15) is 0 Å². The van der Waals surface area contributed by atoms with Crippen molar-refractivity contribution in [2.75, 3.05) is 6.54 Å². The molecule has 5 aliphatic carbocycles. The highest BCUT2D eigenvalue weighted by Gasteiger charge is 2.69. The monoisotopic (exact) mass is 513 g/mol. The normalized spacial score (nSPS) is 50.0. The highest BCUT2D eigenvalue weighted by atomic mass is 16.3. The summed E-state index contributed by atoms with van der Waals surface area (Å²) in [4.78, 5) is 13.9. The smallest absolute Gasteiger partial charge is 0.226 e. The van der Waals surface area contributed by atoms with Crippen molar-refractivity contribution in [3.8, 4) is 0 Å². The van der Waals surface area contributed by atoms with Crippen LogP contribution >= 0.6 is 0 Å². The summed E-state index contributed by atoms with van der Waals surface area (Å²) in [5, 5.41) is 25.4. The SMILES string of the molecule is CCCNC(=O)[C@]12CCC(C)(C)C[C@H]1C1=CC[C@@H]3[C@@]4(C)C[C@@H](O)[C@H](O)C(C)(C)[C@@H]4CC[C@@]3(C)[C@]1(C)CC2. The molecule has 0 aromatic heterocycles. The Hall–Kier alpha value is -0.870. The third kappa shape index (κ3) is 3.63. The van der Waals surface area contributed by atoms with Crippen LogP contribution in [-0.2, 0) is 4.79 Å². The minimum atomic E-state index is -0.655. The Morgan fingerprint density at radius 1 is 0.946 bits per heavy atom. The molecule has 4 saturated carbocycles. The topological polar surface area (TPSA) is 69.6 Å². The van der Waals surface area contributed by atoms with E-state index >= 15 is 0 Å². The molecule has 3 N–H and O–H groups in total. The molecule has 0 aromatic rings. The molecule has 0 radical (unpaired) electrons. The van der Waals surface area contributed by atoms with Crippen molar-refractivity contribution in [1.29, 1.82) is 0 Å². The van der Waals surface area contributed by atoms with Gasteiger partial charge in [0.25, 0.3) is 0 Å². The fourth-order valence-corrected chi connectivity index (χ4v) is 11.2. The van der Waals surface area contributed by atoms with Crippen molar-refractivity contribution < 1.29 is 15.0 Å². The predicted molar refractivity (Wildman–Crippen MR) is 150 cm³/mol. The van der Waals surface area contributed by atoms with Gasteiger partial charge in [0.15, 0.2) is 0 Å². The fourth-order valence-electron chi connectivity index (χ4n) is 11.2. The van der Waals surface area contributed by atoms with E-state index in [2.05, 4.69) is 66.8 Å². The van der Waals surface area contributed by atoms with Gasteiger partial charge < -0.3 is 15.5 Å². The van der Waals surface area contributed by atoms with Crippen LogP contribution in [-0.4, -0.2) is 34.9 Å². The molecule has 5 rings (SSSR count). The van der Waals surface area contributed by atoms with Crippen LogP contribution in [0.3, 0.4) is 0 Å². The lowest BCUT2D eigenvalue weighted by Gasteiger charge is -2.71. The first-order valence-corrected chi connectivity index (χ1v) is 15.4. The third-order valence-electron chi connectivity index (χ3n) is 13.6. The molecule has 0 bridgehead atoms. The summed E-state index contributed by atoms with van der Waals surface area (Å²) in [7, 11) is 0. The second-order valence-corrected chi connectivity index (χ2v) is 16.2. The molecular weight excluding hydrogens is 458 g/mol. The zero-order valence-electron chi connectivity index (χ0n) is 25.0. The number of fused-ring (bicyclic) bond motifs is 7. The number of nitrogens with one attached hydrogen (secondary N) is 1. The van der Waals surface area contributed by atoms with Gasteiger partial charge in [-0.25, -0.2) is 0 Å². The Labute approximate surface area is 226 Å². The summed E-state index contributed by atoms with van der Waals surface area (Å²) in [6, 6.07) is 0. The molecule has 9 atom stereocenters. The Morgan fingerprint density at radius 2 is 1.62 bits per heavy atom. The molecule has 0 aliphatic heterocycles. The maximum atomic E-state index is 13.9. The van der Waals surface area contributed by atoms with Gasteiger partial charge in [-0.2, -0.15) is 0 Å². The van der Waals surface area contributed by atoms with E-state index in [0.29, 0.717) is 30.1 Å². The van der Waals surface area contributed by atoms with Crippen molar-refractivity contribution in [1.82, 2.24) is 5.32 Å². The van der Waals surface area contributed by atoms with Crippen molar-refractivity contribution in [3.05, 3.63) is 11.6 Å². The molecule has 0 saturated heterocycles. The highest BCUT2D eigenvalue weighted by molar-refractivity contribution is 5.84. The molecule has 5 aliphatic rings. The molecule has 37 heavy (non-hydrogen) atoms. The maximum Gasteiger partial charge on any atom is 0.226 e. The first-order chi connectivity index (χ1) is 17.1. The summed E-state index contributed by atoms with van der Waals surface area (Å²) in [6.45, 7) is 19.6. The quantitative estimate of drug-likeness (QED) is 0.370. The van der Waals surface area contributed by atoms with E-state index in [4.69, 9.17) is 0 Å². The summed E-state index contributed by atoms with van der Waals surface area (Å²) < 4.78 is 0. The van der Waals surface area contributed by atoms with Gasteiger partial charge >= 0.3 is 0 Å². The van der Waals surface area contributed by atoms with Gasteiger partial charge in [-0.1, -0.05) is 67.0 Å². The van der Waals surface area contributed by atoms with Crippen LogP contribution in [0.15, 0.2) is 11.6 Å². The first kappa shape index (κ1) is 27.7. The van der Waals surface area contributed by atoms with Gasteiger partial charge in [-0.3, -0.25) is 4.79 Å². The maximum absolute atomic E-state index is 13.9. The lowest BCUT2D eigenvalue weighted by atomic mass is 9.33. The Balaban J connectivity index is 1.58. The molecular formula is C33H55NO3. The van der Waals surface area contributed by atoms with Crippen molar-refractivity contribution >= 4 is 5.91 Å². The molecule has 1 amide bonds. The van der Waals surface area contributed by atoms with Crippen LogP contribution < -0.4 is 5.32 Å². The number of carbonyl (C=O) groups is 1. The van der Waals surface area contributed by atoms with Gasteiger partial charge in [0, 0.05) is 6.54 Å². The van der Waals surface area contributed by atoms with E-state index in [9.17, 15) is 15.0 Å². The van der Waals surface area contributed by atoms with Gasteiger partial charge in [-0.05, 0) is 109 Å². The van der Waals surface area contributed by atoms with Gasteiger partial charge in [0.05, 0.1) is 17.6 Å². The summed E-state index contributed by atoms with van der Waals surface area (Å²) >= 11 is 0. The third-order valence-corrected chi connectivity index (χ3v) is 13.6. The Bertz CT molecular complexity index is 969.